The maximum Gasteiger partial charge on any atom is 0.000661 e. The van der Waals surface area contributed by atoms with Gasteiger partial charge in [0, 0.05) is 6.54 Å². The van der Waals surface area contributed by atoms with Crippen molar-refractivity contribution in [2.45, 2.75) is 58.8 Å². The molecule has 0 bridgehead atoms. The highest BCUT2D eigenvalue weighted by Gasteiger charge is 2.17. The van der Waals surface area contributed by atoms with E-state index in [9.17, 15) is 0 Å². The van der Waals surface area contributed by atoms with Gasteiger partial charge in [0.2, 0.25) is 0 Å². The molecule has 0 atom stereocenters. The summed E-state index contributed by atoms with van der Waals surface area (Å²) in [6, 6.07) is 0. The number of hydrogen-bond acceptors (Lipinski definition) is 2. The molecule has 1 aliphatic carbocycles. The first-order valence-electron chi connectivity index (χ1n) is 7.42. The maximum absolute atomic E-state index is 5.75. The van der Waals surface area contributed by atoms with Crippen LogP contribution in [0.15, 0.2) is 0 Å². The van der Waals surface area contributed by atoms with Gasteiger partial charge in [-0.2, -0.15) is 0 Å². The average molecular weight is 240 g/mol. The molecule has 0 radical (unpaired) electrons. The highest BCUT2D eigenvalue weighted by molar-refractivity contribution is 4.71. The van der Waals surface area contributed by atoms with Crippen molar-refractivity contribution in [3.05, 3.63) is 0 Å². The Hall–Kier alpha value is -0.0800. The molecule has 1 aliphatic rings. The number of rotatable bonds is 8. The van der Waals surface area contributed by atoms with Crippen LogP contribution in [-0.2, 0) is 0 Å². The molecule has 0 amide bonds. The summed E-state index contributed by atoms with van der Waals surface area (Å²) in [6.45, 7) is 7.94. The molecule has 0 aromatic heterocycles. The molecule has 0 aromatic carbocycles. The zero-order chi connectivity index (χ0) is 12.7. The standard InChI is InChI=1S/C15H32N2/c1-15(2,13-16)10-6-7-11-17(3)12-14-8-4-5-9-14/h14H,4-13,16H2,1-3H3. The van der Waals surface area contributed by atoms with Crippen molar-refractivity contribution in [1.29, 1.82) is 0 Å². The van der Waals surface area contributed by atoms with Gasteiger partial charge in [-0.25, -0.2) is 0 Å². The Labute approximate surface area is 108 Å². The lowest BCUT2D eigenvalue weighted by atomic mass is 9.87. The fourth-order valence-corrected chi connectivity index (χ4v) is 2.81. The van der Waals surface area contributed by atoms with Gasteiger partial charge >= 0.3 is 0 Å². The summed E-state index contributed by atoms with van der Waals surface area (Å²) in [7, 11) is 2.28. The minimum Gasteiger partial charge on any atom is -0.330 e. The summed E-state index contributed by atoms with van der Waals surface area (Å²) in [5, 5.41) is 0. The predicted octanol–water partition coefficient (Wildman–Crippen LogP) is 3.26. The molecule has 1 saturated carbocycles. The first kappa shape index (κ1) is 15.0. The second kappa shape index (κ2) is 7.38. The van der Waals surface area contributed by atoms with Crippen LogP contribution in [0.25, 0.3) is 0 Å². The van der Waals surface area contributed by atoms with Crippen LogP contribution >= 0.6 is 0 Å². The van der Waals surface area contributed by atoms with Crippen molar-refractivity contribution in [2.24, 2.45) is 17.1 Å². The van der Waals surface area contributed by atoms with Crippen LogP contribution in [0.5, 0.6) is 0 Å². The number of nitrogens with two attached hydrogens (primary N) is 1. The summed E-state index contributed by atoms with van der Waals surface area (Å²) in [6.07, 6.45) is 9.76. The monoisotopic (exact) mass is 240 g/mol. The molecular formula is C15H32N2. The van der Waals surface area contributed by atoms with Crippen LogP contribution < -0.4 is 5.73 Å². The maximum atomic E-state index is 5.75. The highest BCUT2D eigenvalue weighted by atomic mass is 15.1. The number of nitrogens with zero attached hydrogens (tertiary/aromatic N) is 1. The molecule has 0 spiro atoms. The lowest BCUT2D eigenvalue weighted by Crippen LogP contribution is -2.26. The second-order valence-corrected chi connectivity index (χ2v) is 6.74. The Bertz CT molecular complexity index is 195. The molecule has 0 unspecified atom stereocenters. The molecular weight excluding hydrogens is 208 g/mol. The largest absolute Gasteiger partial charge is 0.330 e. The van der Waals surface area contributed by atoms with Gasteiger partial charge in [0.15, 0.2) is 0 Å². The van der Waals surface area contributed by atoms with Crippen LogP contribution in [0.3, 0.4) is 0 Å². The quantitative estimate of drug-likeness (QED) is 0.660. The summed E-state index contributed by atoms with van der Waals surface area (Å²) in [4.78, 5) is 2.53. The summed E-state index contributed by atoms with van der Waals surface area (Å²) < 4.78 is 0. The summed E-state index contributed by atoms with van der Waals surface area (Å²) in [5.74, 6) is 0.987. The van der Waals surface area contributed by atoms with Gasteiger partial charge in [-0.3, -0.25) is 0 Å². The lowest BCUT2D eigenvalue weighted by Gasteiger charge is -2.24. The van der Waals surface area contributed by atoms with E-state index in [1.165, 1.54) is 58.0 Å². The van der Waals surface area contributed by atoms with Crippen LogP contribution in [0, 0.1) is 11.3 Å². The smallest absolute Gasteiger partial charge is 0.000661 e. The van der Waals surface area contributed by atoms with Crippen molar-refractivity contribution >= 4 is 0 Å². The van der Waals surface area contributed by atoms with Crippen molar-refractivity contribution < 1.29 is 0 Å². The molecule has 2 nitrogen and oxygen atoms in total. The van der Waals surface area contributed by atoms with Crippen molar-refractivity contribution in [1.82, 2.24) is 4.90 Å². The average Bonchev–Trinajstić information content (AvgIpc) is 2.77. The summed E-state index contributed by atoms with van der Waals surface area (Å²) in [5.41, 5.74) is 6.08. The van der Waals surface area contributed by atoms with E-state index in [-0.39, 0.29) is 0 Å². The van der Waals surface area contributed by atoms with E-state index in [1.54, 1.807) is 0 Å². The van der Waals surface area contributed by atoms with Gasteiger partial charge in [-0.1, -0.05) is 33.1 Å². The number of unbranched alkanes of at least 4 members (excludes halogenated alkanes) is 1. The van der Waals surface area contributed by atoms with E-state index in [4.69, 9.17) is 5.73 Å². The Balaban J connectivity index is 2.01. The van der Waals surface area contributed by atoms with Crippen LogP contribution in [0.2, 0.25) is 0 Å². The SMILES string of the molecule is CN(CCCCC(C)(C)CN)CC1CCCC1. The van der Waals surface area contributed by atoms with Crippen molar-refractivity contribution in [3.8, 4) is 0 Å². The number of hydrogen-bond donors (Lipinski definition) is 1. The molecule has 17 heavy (non-hydrogen) atoms. The van der Waals surface area contributed by atoms with E-state index in [2.05, 4.69) is 25.8 Å². The zero-order valence-electron chi connectivity index (χ0n) is 12.2. The predicted molar refractivity (Wildman–Crippen MR) is 76.1 cm³/mol. The molecule has 102 valence electrons. The third kappa shape index (κ3) is 6.42. The molecule has 0 heterocycles. The molecule has 0 aliphatic heterocycles. The van der Waals surface area contributed by atoms with Gasteiger partial charge < -0.3 is 10.6 Å². The van der Waals surface area contributed by atoms with E-state index in [0.717, 1.165) is 12.5 Å². The Kier molecular flexibility index (Phi) is 6.50. The third-order valence-corrected chi connectivity index (χ3v) is 4.24. The molecule has 0 aromatic rings. The highest BCUT2D eigenvalue weighted by Crippen LogP contribution is 2.25. The van der Waals surface area contributed by atoms with Crippen molar-refractivity contribution in [3.63, 3.8) is 0 Å². The molecule has 1 rings (SSSR count). The Morgan fingerprint density at radius 3 is 2.41 bits per heavy atom. The van der Waals surface area contributed by atoms with Gasteiger partial charge in [-0.05, 0) is 57.2 Å². The van der Waals surface area contributed by atoms with Crippen LogP contribution in [0.4, 0.5) is 0 Å². The van der Waals surface area contributed by atoms with Gasteiger partial charge in [0.25, 0.3) is 0 Å². The fourth-order valence-electron chi connectivity index (χ4n) is 2.81. The van der Waals surface area contributed by atoms with E-state index < -0.39 is 0 Å². The Morgan fingerprint density at radius 2 is 1.82 bits per heavy atom. The van der Waals surface area contributed by atoms with E-state index in [0.29, 0.717) is 5.41 Å². The molecule has 2 heteroatoms. The summed E-state index contributed by atoms with van der Waals surface area (Å²) >= 11 is 0. The third-order valence-electron chi connectivity index (χ3n) is 4.24. The fraction of sp³-hybridized carbons (Fsp3) is 1.00. The normalized spacial score (nSPS) is 18.2. The topological polar surface area (TPSA) is 29.3 Å². The van der Waals surface area contributed by atoms with Crippen molar-refractivity contribution in [2.75, 3.05) is 26.7 Å². The first-order valence-corrected chi connectivity index (χ1v) is 7.42. The minimum absolute atomic E-state index is 0.337. The first-order chi connectivity index (χ1) is 8.03. The molecule has 2 N–H and O–H groups in total. The molecule has 0 saturated heterocycles. The van der Waals surface area contributed by atoms with Gasteiger partial charge in [0.1, 0.15) is 0 Å². The molecule has 1 fully saturated rings. The minimum atomic E-state index is 0.337. The van der Waals surface area contributed by atoms with Crippen LogP contribution in [-0.4, -0.2) is 31.6 Å². The van der Waals surface area contributed by atoms with E-state index in [1.807, 2.05) is 0 Å². The van der Waals surface area contributed by atoms with Gasteiger partial charge in [0.05, 0.1) is 0 Å². The van der Waals surface area contributed by atoms with Gasteiger partial charge in [-0.15, -0.1) is 0 Å². The second-order valence-electron chi connectivity index (χ2n) is 6.74. The zero-order valence-corrected chi connectivity index (χ0v) is 12.2. The Morgan fingerprint density at radius 1 is 1.18 bits per heavy atom. The van der Waals surface area contributed by atoms with E-state index >= 15 is 0 Å². The lowest BCUT2D eigenvalue weighted by molar-refractivity contribution is 0.261. The van der Waals surface area contributed by atoms with Crippen LogP contribution in [0.1, 0.15) is 58.8 Å².